The van der Waals surface area contributed by atoms with Gasteiger partial charge in [0.25, 0.3) is 0 Å². The third-order valence-electron chi connectivity index (χ3n) is 7.81. The summed E-state index contributed by atoms with van der Waals surface area (Å²) < 4.78 is 0. The van der Waals surface area contributed by atoms with Gasteiger partial charge in [-0.15, -0.1) is 0 Å². The van der Waals surface area contributed by atoms with Crippen LogP contribution in [0.3, 0.4) is 0 Å². The zero-order valence-corrected chi connectivity index (χ0v) is 20.0. The Hall–Kier alpha value is -0.900. The summed E-state index contributed by atoms with van der Waals surface area (Å²) in [4.78, 5) is 0. The molecule has 3 heteroatoms. The van der Waals surface area contributed by atoms with E-state index in [0.717, 1.165) is 29.9 Å². The van der Waals surface area contributed by atoms with Crippen LogP contribution in [0.5, 0.6) is 0 Å². The number of aliphatic hydroxyl groups excluding tert-OH is 2. The SMILES string of the molecule is C=C1/C(=C\C=C\[C@@H]2CC[C@H]([C@H](C)CCCC(C)(C)O)[C@@]2(C)CCC)C[C@@H](O)C[C@@H]1O. The number of hydrogen-bond acceptors (Lipinski definition) is 3. The number of allylic oxidation sites excluding steroid dienone is 3. The molecule has 3 nitrogen and oxygen atoms in total. The topological polar surface area (TPSA) is 60.7 Å². The number of aliphatic hydroxyl groups is 3. The van der Waals surface area contributed by atoms with Gasteiger partial charge >= 0.3 is 0 Å². The highest BCUT2D eigenvalue weighted by Crippen LogP contribution is 2.55. The van der Waals surface area contributed by atoms with E-state index in [1.807, 2.05) is 13.8 Å². The molecule has 0 aromatic rings. The average molecular weight is 419 g/mol. The van der Waals surface area contributed by atoms with Crippen LogP contribution in [0.1, 0.15) is 92.4 Å². The third-order valence-corrected chi connectivity index (χ3v) is 7.81. The van der Waals surface area contributed by atoms with E-state index < -0.39 is 17.8 Å². The van der Waals surface area contributed by atoms with Gasteiger partial charge in [0.2, 0.25) is 0 Å². The first-order chi connectivity index (χ1) is 14.0. The lowest BCUT2D eigenvalue weighted by Gasteiger charge is -2.39. The van der Waals surface area contributed by atoms with Crippen molar-refractivity contribution in [2.24, 2.45) is 23.2 Å². The zero-order chi connectivity index (χ0) is 22.5. The van der Waals surface area contributed by atoms with Gasteiger partial charge in [0.15, 0.2) is 0 Å². The molecule has 0 saturated heterocycles. The molecule has 3 N–H and O–H groups in total. The van der Waals surface area contributed by atoms with Gasteiger partial charge in [0, 0.05) is 6.42 Å². The van der Waals surface area contributed by atoms with Crippen molar-refractivity contribution < 1.29 is 15.3 Å². The minimum atomic E-state index is -0.626. The van der Waals surface area contributed by atoms with Crippen LogP contribution in [0.4, 0.5) is 0 Å². The highest BCUT2D eigenvalue weighted by Gasteiger charge is 2.46. The summed E-state index contributed by atoms with van der Waals surface area (Å²) in [5.74, 6) is 1.95. The van der Waals surface area contributed by atoms with E-state index in [-0.39, 0.29) is 0 Å². The van der Waals surface area contributed by atoms with E-state index in [2.05, 4.69) is 45.6 Å². The van der Waals surface area contributed by atoms with Crippen molar-refractivity contribution in [3.05, 3.63) is 36.0 Å². The monoisotopic (exact) mass is 418 g/mol. The van der Waals surface area contributed by atoms with Gasteiger partial charge in [-0.3, -0.25) is 0 Å². The highest BCUT2D eigenvalue weighted by molar-refractivity contribution is 5.37. The molecule has 0 heterocycles. The van der Waals surface area contributed by atoms with Crippen molar-refractivity contribution in [1.29, 1.82) is 0 Å². The molecule has 2 aliphatic carbocycles. The van der Waals surface area contributed by atoms with Gasteiger partial charge in [-0.2, -0.15) is 0 Å². The van der Waals surface area contributed by atoms with Crippen LogP contribution in [0.25, 0.3) is 0 Å². The van der Waals surface area contributed by atoms with Crippen LogP contribution in [0.15, 0.2) is 36.0 Å². The molecule has 2 saturated carbocycles. The molecule has 0 amide bonds. The molecular weight excluding hydrogens is 372 g/mol. The Morgan fingerprint density at radius 3 is 2.60 bits per heavy atom. The first-order valence-corrected chi connectivity index (χ1v) is 12.1. The molecule has 30 heavy (non-hydrogen) atoms. The summed E-state index contributed by atoms with van der Waals surface area (Å²) >= 11 is 0. The molecule has 0 radical (unpaired) electrons. The molecule has 2 fully saturated rings. The van der Waals surface area contributed by atoms with Gasteiger partial charge in [-0.25, -0.2) is 0 Å². The maximum atomic E-state index is 10.1. The number of hydrogen-bond donors (Lipinski definition) is 3. The normalized spacial score (nSPS) is 35.5. The van der Waals surface area contributed by atoms with Crippen LogP contribution in [0.2, 0.25) is 0 Å². The highest BCUT2D eigenvalue weighted by atomic mass is 16.3. The fourth-order valence-electron chi connectivity index (χ4n) is 6.07. The van der Waals surface area contributed by atoms with Gasteiger partial charge < -0.3 is 15.3 Å². The maximum absolute atomic E-state index is 10.1. The van der Waals surface area contributed by atoms with Crippen LogP contribution >= 0.6 is 0 Å². The molecule has 6 atom stereocenters. The second-order valence-corrected chi connectivity index (χ2v) is 10.9. The van der Waals surface area contributed by atoms with Crippen molar-refractivity contribution >= 4 is 0 Å². The Kier molecular flexibility index (Phi) is 8.97. The predicted molar refractivity (Wildman–Crippen MR) is 126 cm³/mol. The van der Waals surface area contributed by atoms with Crippen molar-refractivity contribution in [3.63, 3.8) is 0 Å². The molecule has 0 spiro atoms. The predicted octanol–water partition coefficient (Wildman–Crippen LogP) is 5.95. The lowest BCUT2D eigenvalue weighted by atomic mass is 9.66. The second-order valence-electron chi connectivity index (χ2n) is 10.9. The maximum Gasteiger partial charge on any atom is 0.0811 e. The molecule has 0 aromatic heterocycles. The van der Waals surface area contributed by atoms with E-state index >= 15 is 0 Å². The molecule has 0 aliphatic heterocycles. The summed E-state index contributed by atoms with van der Waals surface area (Å²) in [6.45, 7) is 15.0. The van der Waals surface area contributed by atoms with E-state index in [4.69, 9.17) is 0 Å². The zero-order valence-electron chi connectivity index (χ0n) is 20.0. The van der Waals surface area contributed by atoms with E-state index in [9.17, 15) is 15.3 Å². The van der Waals surface area contributed by atoms with E-state index in [1.54, 1.807) is 0 Å². The average Bonchev–Trinajstić information content (AvgIpc) is 2.94. The van der Waals surface area contributed by atoms with Crippen molar-refractivity contribution in [3.8, 4) is 0 Å². The van der Waals surface area contributed by atoms with Crippen LogP contribution in [-0.2, 0) is 0 Å². The molecular formula is C27H46O3. The smallest absolute Gasteiger partial charge is 0.0811 e. The third kappa shape index (κ3) is 6.55. The van der Waals surface area contributed by atoms with E-state index in [0.29, 0.717) is 30.1 Å². The molecule has 0 aromatic carbocycles. The summed E-state index contributed by atoms with van der Waals surface area (Å²) in [6.07, 6.45) is 14.5. The van der Waals surface area contributed by atoms with Crippen molar-refractivity contribution in [2.45, 2.75) is 110 Å². The molecule has 2 rings (SSSR count). The van der Waals surface area contributed by atoms with Crippen LogP contribution < -0.4 is 0 Å². The summed E-state index contributed by atoms with van der Waals surface area (Å²) in [6, 6.07) is 0. The lowest BCUT2D eigenvalue weighted by Crippen LogP contribution is -2.32. The minimum absolute atomic E-state index is 0.306. The molecule has 0 unspecified atom stereocenters. The van der Waals surface area contributed by atoms with Gasteiger partial charge in [-0.05, 0) is 80.3 Å². The van der Waals surface area contributed by atoms with Crippen molar-refractivity contribution in [1.82, 2.24) is 0 Å². The van der Waals surface area contributed by atoms with Crippen molar-refractivity contribution in [2.75, 3.05) is 0 Å². The Morgan fingerprint density at radius 1 is 1.27 bits per heavy atom. The standard InChI is InChI=1S/C27H46O3/c1-7-15-27(6)22(12-8-11-21-17-23(28)18-25(29)20(21)3)13-14-24(27)19(2)10-9-16-26(4,5)30/h8,11-12,19,22-25,28-30H,3,7,9-10,13-18H2,1-2,4-6H3/b12-8+,21-11-/t19-,22-,23-,24-,25+,27+/m1/s1. The van der Waals surface area contributed by atoms with Gasteiger partial charge in [-0.1, -0.05) is 64.8 Å². The number of rotatable bonds is 9. The fraction of sp³-hybridized carbons (Fsp3) is 0.778. The summed E-state index contributed by atoms with van der Waals surface area (Å²) in [7, 11) is 0. The Morgan fingerprint density at radius 2 is 1.97 bits per heavy atom. The van der Waals surface area contributed by atoms with Crippen LogP contribution in [-0.4, -0.2) is 33.1 Å². The molecule has 2 aliphatic rings. The van der Waals surface area contributed by atoms with Crippen LogP contribution in [0, 0.1) is 23.2 Å². The quantitative estimate of drug-likeness (QED) is 0.433. The van der Waals surface area contributed by atoms with Gasteiger partial charge in [0.1, 0.15) is 0 Å². The molecule has 172 valence electrons. The van der Waals surface area contributed by atoms with E-state index in [1.165, 1.54) is 32.1 Å². The first-order valence-electron chi connectivity index (χ1n) is 12.1. The Labute approximate surface area is 185 Å². The first kappa shape index (κ1) is 25.4. The summed E-state index contributed by atoms with van der Waals surface area (Å²) in [5, 5.41) is 30.1. The summed E-state index contributed by atoms with van der Waals surface area (Å²) in [5.41, 5.74) is 1.47. The minimum Gasteiger partial charge on any atom is -0.393 e. The van der Waals surface area contributed by atoms with Gasteiger partial charge in [0.05, 0.1) is 17.8 Å². The molecule has 0 bridgehead atoms. The lowest BCUT2D eigenvalue weighted by molar-refractivity contribution is 0.0619. The Bertz CT molecular complexity index is 627. The fourth-order valence-corrected chi connectivity index (χ4v) is 6.07. The second kappa shape index (κ2) is 10.6. The largest absolute Gasteiger partial charge is 0.393 e. The Balaban J connectivity index is 2.06.